The molecule has 8 aromatic rings. The molecule has 1 aliphatic heterocycles. The van der Waals surface area contributed by atoms with Crippen molar-refractivity contribution in [2.45, 2.75) is 59.3 Å². The van der Waals surface area contributed by atoms with Gasteiger partial charge in [-0.3, -0.25) is 0 Å². The SMILES string of the molecule is CC(C)c1cc(C(C)C)c(B2c3ccccc3N(c3ccccc3)c3ccc(N(c4ccccc4)c4ccccc4)c(N(c4ccccc4)c4ccccc4)c32)c(C(C)C)c1. The molecule has 0 spiro atoms. The second kappa shape index (κ2) is 17.1. The predicted octanol–water partition coefficient (Wildman–Crippen LogP) is 14.3. The lowest BCUT2D eigenvalue weighted by atomic mass is 9.32. The summed E-state index contributed by atoms with van der Waals surface area (Å²) in [5, 5.41) is 0. The first-order valence-corrected chi connectivity index (χ1v) is 21.9. The van der Waals surface area contributed by atoms with Crippen LogP contribution in [0, 0.1) is 0 Å². The first-order valence-electron chi connectivity index (χ1n) is 21.9. The highest BCUT2D eigenvalue weighted by atomic mass is 15.2. The van der Waals surface area contributed by atoms with E-state index < -0.39 is 0 Å². The zero-order valence-electron chi connectivity index (χ0n) is 36.2. The Labute approximate surface area is 363 Å². The van der Waals surface area contributed by atoms with Crippen molar-refractivity contribution in [3.8, 4) is 0 Å². The summed E-state index contributed by atoms with van der Waals surface area (Å²) in [5.74, 6) is 0.998. The molecule has 0 saturated carbocycles. The largest absolute Gasteiger partial charge is 0.311 e. The summed E-state index contributed by atoms with van der Waals surface area (Å²) in [6.07, 6.45) is 0. The number of nitrogens with zero attached hydrogens (tertiary/aromatic N) is 3. The van der Waals surface area contributed by atoms with Crippen molar-refractivity contribution >= 4 is 74.3 Å². The summed E-state index contributed by atoms with van der Waals surface area (Å²) in [4.78, 5) is 7.47. The first-order chi connectivity index (χ1) is 29.8. The summed E-state index contributed by atoms with van der Waals surface area (Å²) >= 11 is 0. The molecule has 8 aromatic carbocycles. The van der Waals surface area contributed by atoms with Crippen LogP contribution >= 0.6 is 0 Å². The lowest BCUT2D eigenvalue weighted by Crippen LogP contribution is -2.60. The molecule has 0 saturated heterocycles. The average molecular weight is 792 g/mol. The highest BCUT2D eigenvalue weighted by molar-refractivity contribution is 6.99. The molecule has 0 amide bonds. The van der Waals surface area contributed by atoms with Crippen molar-refractivity contribution in [1.82, 2.24) is 0 Å². The Balaban J connectivity index is 1.52. The molecule has 0 fully saturated rings. The third kappa shape index (κ3) is 7.42. The third-order valence-electron chi connectivity index (χ3n) is 12.2. The Bertz CT molecular complexity index is 2620. The predicted molar refractivity (Wildman–Crippen MR) is 264 cm³/mol. The van der Waals surface area contributed by atoms with E-state index in [-0.39, 0.29) is 6.71 Å². The van der Waals surface area contributed by atoms with Crippen LogP contribution in [0.25, 0.3) is 0 Å². The third-order valence-corrected chi connectivity index (χ3v) is 12.2. The Morgan fingerprint density at radius 2 is 0.820 bits per heavy atom. The van der Waals surface area contributed by atoms with Gasteiger partial charge in [0.25, 0.3) is 0 Å². The second-order valence-electron chi connectivity index (χ2n) is 17.1. The molecule has 0 atom stereocenters. The molecule has 4 heteroatoms. The quantitative estimate of drug-likeness (QED) is 0.121. The van der Waals surface area contributed by atoms with Gasteiger partial charge < -0.3 is 14.7 Å². The Hall–Kier alpha value is -6.78. The molecule has 61 heavy (non-hydrogen) atoms. The maximum atomic E-state index is 2.53. The maximum absolute atomic E-state index is 2.53. The average Bonchev–Trinajstić information content (AvgIpc) is 3.30. The van der Waals surface area contributed by atoms with Gasteiger partial charge in [-0.15, -0.1) is 0 Å². The van der Waals surface area contributed by atoms with E-state index in [1.807, 2.05) is 0 Å². The zero-order chi connectivity index (χ0) is 42.0. The molecule has 0 N–H and O–H groups in total. The van der Waals surface area contributed by atoms with Crippen molar-refractivity contribution in [3.05, 3.63) is 217 Å². The van der Waals surface area contributed by atoms with Crippen molar-refractivity contribution < 1.29 is 0 Å². The van der Waals surface area contributed by atoms with Crippen LogP contribution in [0.4, 0.5) is 51.2 Å². The Morgan fingerprint density at radius 1 is 0.393 bits per heavy atom. The van der Waals surface area contributed by atoms with Crippen LogP contribution in [0.1, 0.15) is 76.0 Å². The van der Waals surface area contributed by atoms with Crippen LogP contribution in [0.5, 0.6) is 0 Å². The Morgan fingerprint density at radius 3 is 1.28 bits per heavy atom. The molecule has 0 unspecified atom stereocenters. The van der Waals surface area contributed by atoms with Crippen molar-refractivity contribution in [2.24, 2.45) is 0 Å². The fourth-order valence-corrected chi connectivity index (χ4v) is 9.34. The van der Waals surface area contributed by atoms with Gasteiger partial charge in [-0.2, -0.15) is 0 Å². The van der Waals surface area contributed by atoms with E-state index in [1.54, 1.807) is 0 Å². The highest BCUT2D eigenvalue weighted by Crippen LogP contribution is 2.49. The van der Waals surface area contributed by atoms with Gasteiger partial charge in [0.05, 0.1) is 11.4 Å². The molecule has 0 radical (unpaired) electrons. The maximum Gasteiger partial charge on any atom is 0.250 e. The summed E-state index contributed by atoms with van der Waals surface area (Å²) in [5.41, 5.74) is 18.3. The topological polar surface area (TPSA) is 9.72 Å². The van der Waals surface area contributed by atoms with Crippen molar-refractivity contribution in [2.75, 3.05) is 14.7 Å². The molecular formula is C57H54BN3. The lowest BCUT2D eigenvalue weighted by Gasteiger charge is -2.43. The molecule has 0 aromatic heterocycles. The van der Waals surface area contributed by atoms with Crippen LogP contribution in [-0.2, 0) is 0 Å². The fourth-order valence-electron chi connectivity index (χ4n) is 9.34. The number of para-hydroxylation sites is 6. The molecular weight excluding hydrogens is 737 g/mol. The van der Waals surface area contributed by atoms with E-state index in [4.69, 9.17) is 0 Å². The number of hydrogen-bond donors (Lipinski definition) is 0. The molecule has 1 aliphatic rings. The molecule has 9 rings (SSSR count). The molecule has 1 heterocycles. The van der Waals surface area contributed by atoms with Gasteiger partial charge in [-0.1, -0.05) is 168 Å². The highest BCUT2D eigenvalue weighted by Gasteiger charge is 2.43. The summed E-state index contributed by atoms with van der Waals surface area (Å²) in [6, 6.07) is 73.5. The fraction of sp³-hybridized carbons (Fsp3) is 0.158. The van der Waals surface area contributed by atoms with E-state index in [0.29, 0.717) is 17.8 Å². The van der Waals surface area contributed by atoms with Gasteiger partial charge in [0.15, 0.2) is 0 Å². The standard InChI is InChI=1S/C57H54BN3/c1-40(2)43-38-49(41(3)4)55(50(39-43)42(5)6)58-51-34-22-23-35-52(51)61(48-32-20-11-21-33-48)53-36-37-54(59(44-24-12-7-13-25-44)45-26-14-8-15-27-45)57(56(53)58)60(46-28-16-9-17-29-46)47-30-18-10-19-31-47/h7-42H,1-6H3. The Kier molecular flexibility index (Phi) is 11.1. The monoisotopic (exact) mass is 791 g/mol. The zero-order valence-corrected chi connectivity index (χ0v) is 36.2. The van der Waals surface area contributed by atoms with Gasteiger partial charge in [-0.05, 0) is 124 Å². The normalized spacial score (nSPS) is 12.1. The smallest absolute Gasteiger partial charge is 0.250 e. The van der Waals surface area contributed by atoms with Gasteiger partial charge >= 0.3 is 0 Å². The summed E-state index contributed by atoms with van der Waals surface area (Å²) < 4.78 is 0. The van der Waals surface area contributed by atoms with Crippen LogP contribution in [0.2, 0.25) is 0 Å². The van der Waals surface area contributed by atoms with Gasteiger partial charge in [-0.25, -0.2) is 0 Å². The second-order valence-corrected chi connectivity index (χ2v) is 17.1. The van der Waals surface area contributed by atoms with Gasteiger partial charge in [0.2, 0.25) is 6.71 Å². The van der Waals surface area contributed by atoms with Crippen LogP contribution < -0.4 is 31.1 Å². The van der Waals surface area contributed by atoms with Crippen LogP contribution in [-0.4, -0.2) is 6.71 Å². The number of anilines is 9. The lowest BCUT2D eigenvalue weighted by molar-refractivity contribution is 0.812. The summed E-state index contributed by atoms with van der Waals surface area (Å²) in [6.45, 7) is 14.1. The number of fused-ring (bicyclic) bond motifs is 2. The number of benzene rings is 8. The summed E-state index contributed by atoms with van der Waals surface area (Å²) in [7, 11) is 0. The minimum absolute atomic E-state index is 0.111. The van der Waals surface area contributed by atoms with Gasteiger partial charge in [0.1, 0.15) is 0 Å². The van der Waals surface area contributed by atoms with Crippen molar-refractivity contribution in [1.29, 1.82) is 0 Å². The van der Waals surface area contributed by atoms with Gasteiger partial charge in [0, 0.05) is 39.8 Å². The molecule has 3 nitrogen and oxygen atoms in total. The minimum Gasteiger partial charge on any atom is -0.311 e. The molecule has 0 aliphatic carbocycles. The van der Waals surface area contributed by atoms with Crippen molar-refractivity contribution in [3.63, 3.8) is 0 Å². The van der Waals surface area contributed by atoms with Crippen LogP contribution in [0.15, 0.2) is 200 Å². The van der Waals surface area contributed by atoms with E-state index in [0.717, 1.165) is 39.8 Å². The van der Waals surface area contributed by atoms with Crippen LogP contribution in [0.3, 0.4) is 0 Å². The van der Waals surface area contributed by atoms with E-state index in [2.05, 4.69) is 256 Å². The minimum atomic E-state index is -0.111. The molecule has 300 valence electrons. The van der Waals surface area contributed by atoms with E-state index >= 15 is 0 Å². The number of hydrogen-bond acceptors (Lipinski definition) is 3. The molecule has 0 bridgehead atoms. The first kappa shape index (κ1) is 39.7. The van der Waals surface area contributed by atoms with E-state index in [1.165, 1.54) is 44.5 Å². The van der Waals surface area contributed by atoms with E-state index in [9.17, 15) is 0 Å². The number of rotatable bonds is 11.